The second-order valence-corrected chi connectivity index (χ2v) is 7.11. The van der Waals surface area contributed by atoms with Crippen molar-refractivity contribution in [2.45, 2.75) is 24.7 Å². The number of benzene rings is 2. The third-order valence-electron chi connectivity index (χ3n) is 4.69. The van der Waals surface area contributed by atoms with Crippen molar-refractivity contribution in [3.05, 3.63) is 70.3 Å². The molecule has 142 valence electrons. The first-order valence-electron chi connectivity index (χ1n) is 8.82. The molecule has 0 bridgehead atoms. The quantitative estimate of drug-likeness (QED) is 0.545. The molecular formula is C20H18FN4O2S+. The monoisotopic (exact) mass is 397 g/mol. The molecule has 4 rings (SSSR count). The molecule has 1 aromatic heterocycles. The number of rotatable bonds is 3. The molecule has 1 aliphatic heterocycles. The summed E-state index contributed by atoms with van der Waals surface area (Å²) in [6.07, 6.45) is 1.40. The van der Waals surface area contributed by atoms with Gasteiger partial charge in [0.1, 0.15) is 5.82 Å². The Bertz CT molecular complexity index is 1110. The maximum Gasteiger partial charge on any atom is 0.325 e. The zero-order valence-electron chi connectivity index (χ0n) is 15.3. The third kappa shape index (κ3) is 2.90. The molecule has 0 aliphatic carbocycles. The number of halogens is 1. The highest BCUT2D eigenvalue weighted by molar-refractivity contribution is 7.98. The molecule has 6 nitrogen and oxygen atoms in total. The normalized spacial score (nSPS) is 15.1. The molecule has 28 heavy (non-hydrogen) atoms. The number of nitrogens with one attached hydrogen (secondary N) is 1. The molecule has 0 radical (unpaired) electrons. The molecule has 0 saturated heterocycles. The van der Waals surface area contributed by atoms with E-state index in [1.807, 2.05) is 24.5 Å². The van der Waals surface area contributed by atoms with Crippen LogP contribution in [0.15, 0.2) is 58.5 Å². The van der Waals surface area contributed by atoms with Crippen LogP contribution >= 0.6 is 11.8 Å². The minimum Gasteiger partial charge on any atom is -0.291 e. The van der Waals surface area contributed by atoms with Crippen LogP contribution < -0.4 is 15.1 Å². The Morgan fingerprint density at radius 1 is 1.25 bits per heavy atom. The van der Waals surface area contributed by atoms with Gasteiger partial charge in [-0.3, -0.25) is 14.6 Å². The lowest BCUT2D eigenvalue weighted by Crippen LogP contribution is -2.60. The van der Waals surface area contributed by atoms with Crippen molar-refractivity contribution in [2.24, 2.45) is 0 Å². The number of thioether (sulfide) groups is 1. The first-order chi connectivity index (χ1) is 13.5. The molecule has 0 fully saturated rings. The van der Waals surface area contributed by atoms with Crippen LogP contribution in [-0.4, -0.2) is 22.2 Å². The maximum atomic E-state index is 13.5. The summed E-state index contributed by atoms with van der Waals surface area (Å²) >= 11 is 1.30. The number of aromatic nitrogens is 3. The van der Waals surface area contributed by atoms with Crippen LogP contribution in [0, 0.1) is 5.82 Å². The summed E-state index contributed by atoms with van der Waals surface area (Å²) in [5.41, 5.74) is 2.00. The number of hydrogen-bond donors (Lipinski definition) is 1. The van der Waals surface area contributed by atoms with Gasteiger partial charge in [-0.05, 0) is 47.3 Å². The summed E-state index contributed by atoms with van der Waals surface area (Å²) in [5.74, 6) is -0.491. The molecule has 1 N–H and O–H groups in total. The second-order valence-electron chi connectivity index (χ2n) is 6.32. The number of carbonyl (C=O) groups is 1. The van der Waals surface area contributed by atoms with Crippen LogP contribution in [-0.2, 0) is 4.79 Å². The summed E-state index contributed by atoms with van der Waals surface area (Å²) in [6, 6.07) is 13.2. The molecular weight excluding hydrogens is 379 g/mol. The Kier molecular flexibility index (Phi) is 4.72. The summed E-state index contributed by atoms with van der Waals surface area (Å²) in [5, 5.41) is 5.01. The molecule has 8 heteroatoms. The zero-order chi connectivity index (χ0) is 19.8. The van der Waals surface area contributed by atoms with Gasteiger partial charge in [0.2, 0.25) is 11.1 Å². The van der Waals surface area contributed by atoms with Crippen molar-refractivity contribution in [3.8, 4) is 11.3 Å². The Morgan fingerprint density at radius 2 is 1.96 bits per heavy atom. The van der Waals surface area contributed by atoms with Gasteiger partial charge in [0, 0.05) is 17.1 Å². The van der Waals surface area contributed by atoms with Crippen LogP contribution in [0.3, 0.4) is 0 Å². The van der Waals surface area contributed by atoms with Gasteiger partial charge in [-0.25, -0.2) is 9.29 Å². The van der Waals surface area contributed by atoms with E-state index in [2.05, 4.69) is 10.1 Å². The Balaban J connectivity index is 2.08. The van der Waals surface area contributed by atoms with E-state index in [1.165, 1.54) is 23.9 Å². The molecule has 2 heterocycles. The topological polar surface area (TPSA) is 69.9 Å². The van der Waals surface area contributed by atoms with Crippen molar-refractivity contribution in [3.63, 3.8) is 0 Å². The molecule has 1 amide bonds. The van der Waals surface area contributed by atoms with E-state index in [0.29, 0.717) is 27.7 Å². The summed E-state index contributed by atoms with van der Waals surface area (Å²) < 4.78 is 15.1. The minimum atomic E-state index is -0.689. The van der Waals surface area contributed by atoms with Crippen LogP contribution in [0.25, 0.3) is 11.3 Å². The van der Waals surface area contributed by atoms with Crippen molar-refractivity contribution >= 4 is 23.4 Å². The predicted octanol–water partition coefficient (Wildman–Crippen LogP) is 2.89. The fourth-order valence-corrected chi connectivity index (χ4v) is 3.80. The van der Waals surface area contributed by atoms with E-state index in [0.717, 1.165) is 0 Å². The minimum absolute atomic E-state index is 0.118. The van der Waals surface area contributed by atoms with Gasteiger partial charge in [-0.1, -0.05) is 30.8 Å². The number of amides is 1. The van der Waals surface area contributed by atoms with Gasteiger partial charge in [-0.2, -0.15) is 0 Å². The van der Waals surface area contributed by atoms with Gasteiger partial charge in [0.15, 0.2) is 0 Å². The van der Waals surface area contributed by atoms with E-state index in [4.69, 9.17) is 0 Å². The summed E-state index contributed by atoms with van der Waals surface area (Å²) in [7, 11) is 0. The van der Waals surface area contributed by atoms with Crippen molar-refractivity contribution in [1.29, 1.82) is 0 Å². The number of fused-ring (bicyclic) bond motifs is 3. The highest BCUT2D eigenvalue weighted by Crippen LogP contribution is 2.37. The lowest BCUT2D eigenvalue weighted by atomic mass is 10.0. The Morgan fingerprint density at radius 3 is 2.64 bits per heavy atom. The lowest BCUT2D eigenvalue weighted by Gasteiger charge is -2.31. The average molecular weight is 397 g/mol. The summed E-state index contributed by atoms with van der Waals surface area (Å²) in [4.78, 5) is 30.2. The molecule has 1 aliphatic rings. The second kappa shape index (κ2) is 7.20. The lowest BCUT2D eigenvalue weighted by molar-refractivity contribution is -0.763. The summed E-state index contributed by atoms with van der Waals surface area (Å²) in [6.45, 7) is 1.78. The number of aromatic amines is 1. The van der Waals surface area contributed by atoms with Crippen LogP contribution in [0.1, 0.15) is 25.1 Å². The highest BCUT2D eigenvalue weighted by atomic mass is 32.2. The van der Waals surface area contributed by atoms with Gasteiger partial charge in [-0.15, -0.1) is 0 Å². The number of carbonyl (C=O) groups excluding carboxylic acids is 1. The van der Waals surface area contributed by atoms with Crippen LogP contribution in [0.4, 0.5) is 10.1 Å². The SMILES string of the molecule is CCC(=O)N1c2ccccc2-c2c(=O)[nH]c(SC)n[n+]2C1c1ccc(F)cc1. The van der Waals surface area contributed by atoms with E-state index < -0.39 is 6.17 Å². The predicted molar refractivity (Wildman–Crippen MR) is 105 cm³/mol. The van der Waals surface area contributed by atoms with Crippen LogP contribution in [0.5, 0.6) is 0 Å². The Hall–Kier alpha value is -3.00. The number of para-hydroxylation sites is 1. The van der Waals surface area contributed by atoms with E-state index in [9.17, 15) is 14.0 Å². The zero-order valence-corrected chi connectivity index (χ0v) is 16.2. The third-order valence-corrected chi connectivity index (χ3v) is 5.26. The van der Waals surface area contributed by atoms with Crippen molar-refractivity contribution in [2.75, 3.05) is 11.2 Å². The van der Waals surface area contributed by atoms with Gasteiger partial charge in [0.05, 0.1) is 11.3 Å². The molecule has 1 atom stereocenters. The number of nitrogens with zero attached hydrogens (tertiary/aromatic N) is 3. The van der Waals surface area contributed by atoms with Crippen molar-refractivity contribution in [1.82, 2.24) is 10.1 Å². The standard InChI is InChI=1S/C20H17FN4O2S/c1-3-16(26)24-15-7-5-4-6-14(15)17-18(27)22-20(28-2)23-25(17)19(24)12-8-10-13(21)11-9-12/h4-11,19H,3H2,1-2H3/p+1. The first-order valence-corrected chi connectivity index (χ1v) is 10.0. The largest absolute Gasteiger partial charge is 0.325 e. The molecule has 0 saturated carbocycles. The fourth-order valence-electron chi connectivity index (χ4n) is 3.44. The van der Waals surface area contributed by atoms with Gasteiger partial charge in [0.25, 0.3) is 6.17 Å². The van der Waals surface area contributed by atoms with Crippen molar-refractivity contribution < 1.29 is 13.9 Å². The van der Waals surface area contributed by atoms with E-state index >= 15 is 0 Å². The maximum absolute atomic E-state index is 13.5. The number of H-pyrrole nitrogens is 1. The molecule has 1 unspecified atom stereocenters. The Labute approximate surface area is 165 Å². The van der Waals surface area contributed by atoms with E-state index in [-0.39, 0.29) is 23.7 Å². The molecule has 3 aromatic rings. The molecule has 0 spiro atoms. The number of hydrogen-bond acceptors (Lipinski definition) is 4. The van der Waals surface area contributed by atoms with Crippen LogP contribution in [0.2, 0.25) is 0 Å². The number of anilines is 1. The average Bonchev–Trinajstić information content (AvgIpc) is 2.72. The van der Waals surface area contributed by atoms with Gasteiger partial charge >= 0.3 is 11.3 Å². The fraction of sp³-hybridized carbons (Fsp3) is 0.200. The smallest absolute Gasteiger partial charge is 0.291 e. The highest BCUT2D eigenvalue weighted by Gasteiger charge is 2.45. The molecule has 2 aromatic carbocycles. The first kappa shape index (κ1) is 18.4. The van der Waals surface area contributed by atoms with E-state index in [1.54, 1.807) is 34.7 Å². The van der Waals surface area contributed by atoms with Gasteiger partial charge < -0.3 is 0 Å².